The van der Waals surface area contributed by atoms with Crippen molar-refractivity contribution in [2.75, 3.05) is 11.1 Å². The average molecular weight is 538 g/mol. The van der Waals surface area contributed by atoms with Crippen molar-refractivity contribution in [1.29, 1.82) is 0 Å². The summed E-state index contributed by atoms with van der Waals surface area (Å²) in [4.78, 5) is 25.3. The van der Waals surface area contributed by atoms with Crippen LogP contribution in [0.3, 0.4) is 0 Å². The van der Waals surface area contributed by atoms with Gasteiger partial charge in [-0.25, -0.2) is 0 Å². The van der Waals surface area contributed by atoms with Crippen LogP contribution in [0.4, 0.5) is 5.69 Å². The summed E-state index contributed by atoms with van der Waals surface area (Å²) in [6, 6.07) is 20.7. The molecule has 1 heterocycles. The molecule has 1 aromatic heterocycles. The van der Waals surface area contributed by atoms with Gasteiger partial charge in [0.2, 0.25) is 5.91 Å². The number of hydrogen-bond donors (Lipinski definition) is 2. The van der Waals surface area contributed by atoms with Crippen LogP contribution in [0.1, 0.15) is 36.1 Å². The lowest BCUT2D eigenvalue weighted by Crippen LogP contribution is -2.29. The van der Waals surface area contributed by atoms with Gasteiger partial charge >= 0.3 is 0 Å². The molecule has 0 aliphatic carbocycles. The minimum Gasteiger partial charge on any atom is -0.342 e. The molecule has 0 unspecified atom stereocenters. The van der Waals surface area contributed by atoms with Gasteiger partial charge in [0, 0.05) is 22.1 Å². The zero-order chi connectivity index (χ0) is 24.1. The fraction of sp³-hybridized carbons (Fsp3) is 0.200. The molecule has 34 heavy (non-hydrogen) atoms. The summed E-state index contributed by atoms with van der Waals surface area (Å²) in [6.07, 6.45) is 0. The van der Waals surface area contributed by atoms with Gasteiger partial charge in [-0.15, -0.1) is 10.2 Å². The predicted molar refractivity (Wildman–Crippen MR) is 139 cm³/mol. The predicted octanol–water partition coefficient (Wildman–Crippen LogP) is 5.44. The molecular weight excluding hydrogens is 514 g/mol. The van der Waals surface area contributed by atoms with Crippen molar-refractivity contribution >= 4 is 56.0 Å². The lowest BCUT2D eigenvalue weighted by Gasteiger charge is -2.15. The molecule has 1 atom stereocenters. The fourth-order valence-corrected chi connectivity index (χ4v) is 4.93. The highest BCUT2D eigenvalue weighted by Gasteiger charge is 2.21. The largest absolute Gasteiger partial charge is 0.342 e. The number of rotatable bonds is 8. The van der Waals surface area contributed by atoms with Gasteiger partial charge in [0.1, 0.15) is 0 Å². The number of halogens is 1. The lowest BCUT2D eigenvalue weighted by molar-refractivity contribution is -0.113. The van der Waals surface area contributed by atoms with Crippen molar-refractivity contribution in [2.45, 2.75) is 31.6 Å². The van der Waals surface area contributed by atoms with Crippen LogP contribution in [0.15, 0.2) is 76.4 Å². The molecule has 0 fully saturated rings. The van der Waals surface area contributed by atoms with Crippen molar-refractivity contribution < 1.29 is 9.59 Å². The Morgan fingerprint density at radius 2 is 1.76 bits per heavy atom. The first-order valence-corrected chi connectivity index (χ1v) is 12.6. The van der Waals surface area contributed by atoms with Gasteiger partial charge in [0.05, 0.1) is 17.4 Å². The number of fused-ring (bicyclic) bond motifs is 1. The molecule has 9 heteroatoms. The molecule has 4 aromatic rings. The summed E-state index contributed by atoms with van der Waals surface area (Å²) in [5.74, 6) is 0.511. The number of carbonyl (C=O) groups is 2. The Kier molecular flexibility index (Phi) is 7.64. The van der Waals surface area contributed by atoms with E-state index in [0.717, 1.165) is 20.9 Å². The Hall–Kier alpha value is -3.17. The van der Waals surface area contributed by atoms with Crippen LogP contribution in [-0.4, -0.2) is 32.3 Å². The van der Waals surface area contributed by atoms with Crippen LogP contribution in [0, 0.1) is 0 Å². The molecule has 7 nitrogen and oxygen atoms in total. The molecular formula is C25H24BrN5O2S. The van der Waals surface area contributed by atoms with Gasteiger partial charge in [-0.05, 0) is 53.4 Å². The number of aromatic nitrogens is 3. The minimum atomic E-state index is -0.356. The van der Waals surface area contributed by atoms with Gasteiger partial charge in [-0.1, -0.05) is 60.3 Å². The van der Waals surface area contributed by atoms with E-state index in [2.05, 4.69) is 36.8 Å². The SMILES string of the molecule is CCn1c(SCC(=O)Nc2cccc3ccccc23)nnc1[C@@H](C)NC(=O)c1ccccc1Br. The number of benzene rings is 3. The van der Waals surface area contributed by atoms with Gasteiger partial charge in [-0.3, -0.25) is 9.59 Å². The second kappa shape index (κ2) is 10.8. The summed E-state index contributed by atoms with van der Waals surface area (Å²) in [7, 11) is 0. The van der Waals surface area contributed by atoms with Crippen molar-refractivity contribution in [1.82, 2.24) is 20.1 Å². The van der Waals surface area contributed by atoms with Crippen molar-refractivity contribution in [2.24, 2.45) is 0 Å². The number of thioether (sulfide) groups is 1. The van der Waals surface area contributed by atoms with Crippen molar-refractivity contribution in [3.63, 3.8) is 0 Å². The molecule has 0 bridgehead atoms. The van der Waals surface area contributed by atoms with E-state index in [4.69, 9.17) is 0 Å². The summed E-state index contributed by atoms with van der Waals surface area (Å²) in [5, 5.41) is 17.2. The second-order valence-electron chi connectivity index (χ2n) is 7.62. The molecule has 0 saturated heterocycles. The summed E-state index contributed by atoms with van der Waals surface area (Å²) in [5.41, 5.74) is 1.33. The molecule has 0 saturated carbocycles. The van der Waals surface area contributed by atoms with Gasteiger partial charge in [-0.2, -0.15) is 0 Å². The molecule has 4 rings (SSSR count). The van der Waals surface area contributed by atoms with Crippen LogP contribution < -0.4 is 10.6 Å². The van der Waals surface area contributed by atoms with E-state index in [1.54, 1.807) is 6.07 Å². The van der Waals surface area contributed by atoms with Crippen LogP contribution in [0.5, 0.6) is 0 Å². The van der Waals surface area contributed by atoms with E-state index in [1.165, 1.54) is 11.8 Å². The Labute approximate surface area is 210 Å². The van der Waals surface area contributed by atoms with Gasteiger partial charge in [0.15, 0.2) is 11.0 Å². The smallest absolute Gasteiger partial charge is 0.253 e. The quantitative estimate of drug-likeness (QED) is 0.292. The fourth-order valence-electron chi connectivity index (χ4n) is 3.66. The Morgan fingerprint density at radius 3 is 2.56 bits per heavy atom. The van der Waals surface area contributed by atoms with E-state index >= 15 is 0 Å². The molecule has 2 N–H and O–H groups in total. The number of carbonyl (C=O) groups excluding carboxylic acids is 2. The molecule has 174 valence electrons. The molecule has 3 aromatic carbocycles. The summed E-state index contributed by atoms with van der Waals surface area (Å²) in [6.45, 7) is 4.47. The average Bonchev–Trinajstić information content (AvgIpc) is 3.26. The molecule has 0 aliphatic rings. The van der Waals surface area contributed by atoms with Crippen molar-refractivity contribution in [3.8, 4) is 0 Å². The summed E-state index contributed by atoms with van der Waals surface area (Å²) >= 11 is 4.73. The first-order valence-electron chi connectivity index (χ1n) is 10.9. The Bertz CT molecular complexity index is 1330. The Morgan fingerprint density at radius 1 is 1.03 bits per heavy atom. The van der Waals surface area contributed by atoms with Crippen LogP contribution in [-0.2, 0) is 11.3 Å². The highest BCUT2D eigenvalue weighted by molar-refractivity contribution is 9.10. The van der Waals surface area contributed by atoms with E-state index in [9.17, 15) is 9.59 Å². The zero-order valence-corrected chi connectivity index (χ0v) is 21.2. The monoisotopic (exact) mass is 537 g/mol. The number of nitrogens with zero attached hydrogens (tertiary/aromatic N) is 3. The van der Waals surface area contributed by atoms with Gasteiger partial charge in [0.25, 0.3) is 5.91 Å². The zero-order valence-electron chi connectivity index (χ0n) is 18.8. The number of amides is 2. The maximum Gasteiger partial charge on any atom is 0.253 e. The minimum absolute atomic E-state index is 0.121. The standard InChI is InChI=1S/C25H24BrN5O2S/c1-3-31-23(16(2)27-24(33)19-12-6-7-13-20(19)26)29-30-25(31)34-15-22(32)28-21-14-8-10-17-9-4-5-11-18(17)21/h4-14,16H,3,15H2,1-2H3,(H,27,33)(H,28,32)/t16-/m1/s1. The van der Waals surface area contributed by atoms with Crippen molar-refractivity contribution in [3.05, 3.63) is 82.6 Å². The van der Waals surface area contributed by atoms with Crippen LogP contribution in [0.2, 0.25) is 0 Å². The van der Waals surface area contributed by atoms with Crippen LogP contribution in [0.25, 0.3) is 10.8 Å². The van der Waals surface area contributed by atoms with Gasteiger partial charge < -0.3 is 15.2 Å². The van der Waals surface area contributed by atoms with E-state index in [-0.39, 0.29) is 23.6 Å². The summed E-state index contributed by atoms with van der Waals surface area (Å²) < 4.78 is 2.64. The normalized spacial score (nSPS) is 11.9. The van der Waals surface area contributed by atoms with E-state index in [0.29, 0.717) is 23.1 Å². The first-order chi connectivity index (χ1) is 16.5. The maximum absolute atomic E-state index is 12.7. The maximum atomic E-state index is 12.7. The number of nitrogens with one attached hydrogen (secondary N) is 2. The molecule has 0 radical (unpaired) electrons. The highest BCUT2D eigenvalue weighted by Crippen LogP contribution is 2.25. The number of anilines is 1. The molecule has 0 spiro atoms. The highest BCUT2D eigenvalue weighted by atomic mass is 79.9. The van der Waals surface area contributed by atoms with Crippen LogP contribution >= 0.6 is 27.7 Å². The van der Waals surface area contributed by atoms with E-state index in [1.807, 2.05) is 79.1 Å². The third-order valence-corrected chi connectivity index (χ3v) is 6.97. The lowest BCUT2D eigenvalue weighted by atomic mass is 10.1. The molecule has 0 aliphatic heterocycles. The topological polar surface area (TPSA) is 88.9 Å². The third-order valence-electron chi connectivity index (χ3n) is 5.31. The second-order valence-corrected chi connectivity index (χ2v) is 9.42. The van der Waals surface area contributed by atoms with E-state index < -0.39 is 0 Å². The third kappa shape index (κ3) is 5.31. The molecule has 2 amide bonds. The first kappa shape index (κ1) is 24.0. The number of hydrogen-bond acceptors (Lipinski definition) is 5. The Balaban J connectivity index is 1.41.